The third-order valence-corrected chi connectivity index (χ3v) is 5.70. The van der Waals surface area contributed by atoms with E-state index in [4.69, 9.17) is 21.1 Å². The van der Waals surface area contributed by atoms with E-state index in [-0.39, 0.29) is 11.3 Å². The molecule has 0 spiro atoms. The summed E-state index contributed by atoms with van der Waals surface area (Å²) in [5, 5.41) is 3.68. The molecule has 3 aromatic rings. The lowest BCUT2D eigenvalue weighted by Gasteiger charge is -2.18. The quantitative estimate of drug-likeness (QED) is 0.499. The number of ether oxygens (including phenoxy) is 2. The van der Waals surface area contributed by atoms with Crippen molar-refractivity contribution in [1.29, 1.82) is 0 Å². The predicted octanol–water partition coefficient (Wildman–Crippen LogP) is 5.37. The molecule has 0 unspecified atom stereocenters. The Morgan fingerprint density at radius 3 is 2.06 bits per heavy atom. The van der Waals surface area contributed by atoms with Crippen molar-refractivity contribution >= 4 is 40.4 Å². The highest BCUT2D eigenvalue weighted by Gasteiger charge is 2.41. The van der Waals surface area contributed by atoms with Crippen LogP contribution in [-0.4, -0.2) is 26.0 Å². The number of rotatable bonds is 6. The van der Waals surface area contributed by atoms with E-state index in [9.17, 15) is 9.59 Å². The molecule has 33 heavy (non-hydrogen) atoms. The van der Waals surface area contributed by atoms with Crippen molar-refractivity contribution in [2.24, 2.45) is 0 Å². The van der Waals surface area contributed by atoms with E-state index in [1.807, 2.05) is 32.0 Å². The largest absolute Gasteiger partial charge is 0.497 e. The second kappa shape index (κ2) is 9.00. The second-order valence-corrected chi connectivity index (χ2v) is 8.16. The van der Waals surface area contributed by atoms with E-state index in [2.05, 4.69) is 5.32 Å². The molecule has 6 nitrogen and oxygen atoms in total. The number of hydrogen-bond acceptors (Lipinski definition) is 5. The van der Waals surface area contributed by atoms with Crippen molar-refractivity contribution in [1.82, 2.24) is 0 Å². The Balaban J connectivity index is 1.86. The minimum atomic E-state index is -0.444. The average Bonchev–Trinajstić information content (AvgIpc) is 3.05. The number of carbonyl (C=O) groups excluding carboxylic acids is 2. The SMILES string of the molecule is COc1cc(NC2=C(c3ccc(Cl)cc3)C(=O)N(c3cc(C)ccc3C)C2=O)cc(OC)c1. The number of nitrogens with zero attached hydrogens (tertiary/aromatic N) is 1. The maximum atomic E-state index is 13.6. The lowest BCUT2D eigenvalue weighted by atomic mass is 10.0. The Morgan fingerprint density at radius 1 is 0.818 bits per heavy atom. The molecule has 0 saturated heterocycles. The highest BCUT2D eigenvalue weighted by atomic mass is 35.5. The first-order valence-corrected chi connectivity index (χ1v) is 10.7. The molecule has 1 N–H and O–H groups in total. The fourth-order valence-corrected chi connectivity index (χ4v) is 3.86. The van der Waals surface area contributed by atoms with Gasteiger partial charge in [0.2, 0.25) is 0 Å². The van der Waals surface area contributed by atoms with Crippen LogP contribution in [0.2, 0.25) is 5.02 Å². The Labute approximate surface area is 197 Å². The molecule has 0 aliphatic carbocycles. The molecule has 168 valence electrons. The topological polar surface area (TPSA) is 67.9 Å². The van der Waals surface area contributed by atoms with E-state index in [0.29, 0.717) is 33.5 Å². The van der Waals surface area contributed by atoms with Gasteiger partial charge in [0.15, 0.2) is 0 Å². The number of amides is 2. The maximum Gasteiger partial charge on any atom is 0.282 e. The standard InChI is InChI=1S/C26H23ClN2O4/c1-15-5-6-16(2)22(11-15)29-25(30)23(17-7-9-18(27)10-8-17)24(26(29)31)28-19-12-20(32-3)14-21(13-19)33-4/h5-14,28H,1-4H3. The molecule has 7 heteroatoms. The summed E-state index contributed by atoms with van der Waals surface area (Å²) in [4.78, 5) is 28.5. The number of benzene rings is 3. The van der Waals surface area contributed by atoms with Crippen LogP contribution < -0.4 is 19.7 Å². The summed E-state index contributed by atoms with van der Waals surface area (Å²) < 4.78 is 10.7. The summed E-state index contributed by atoms with van der Waals surface area (Å²) in [6.45, 7) is 3.79. The molecule has 4 rings (SSSR count). The van der Waals surface area contributed by atoms with Gasteiger partial charge in [0.05, 0.1) is 25.5 Å². The number of nitrogens with one attached hydrogen (secondary N) is 1. The normalized spacial score (nSPS) is 13.5. The number of aryl methyl sites for hydroxylation is 2. The zero-order valence-electron chi connectivity index (χ0n) is 18.7. The molecular weight excluding hydrogens is 440 g/mol. The van der Waals surface area contributed by atoms with Gasteiger partial charge in [-0.05, 0) is 48.7 Å². The summed E-state index contributed by atoms with van der Waals surface area (Å²) >= 11 is 6.06. The van der Waals surface area contributed by atoms with Gasteiger partial charge in [-0.15, -0.1) is 0 Å². The van der Waals surface area contributed by atoms with Crippen molar-refractivity contribution in [3.8, 4) is 11.5 Å². The molecule has 0 atom stereocenters. The van der Waals surface area contributed by atoms with Crippen LogP contribution in [0.15, 0.2) is 66.4 Å². The smallest absolute Gasteiger partial charge is 0.282 e. The molecule has 0 aromatic heterocycles. The van der Waals surface area contributed by atoms with Gasteiger partial charge in [-0.25, -0.2) is 4.90 Å². The van der Waals surface area contributed by atoms with Crippen molar-refractivity contribution in [3.05, 3.63) is 88.1 Å². The molecule has 0 fully saturated rings. The molecule has 2 amide bonds. The maximum absolute atomic E-state index is 13.6. The Bertz CT molecular complexity index is 1260. The summed E-state index contributed by atoms with van der Waals surface area (Å²) in [7, 11) is 3.09. The summed E-state index contributed by atoms with van der Waals surface area (Å²) in [6.07, 6.45) is 0. The van der Waals surface area contributed by atoms with Gasteiger partial charge < -0.3 is 14.8 Å². The lowest BCUT2D eigenvalue weighted by molar-refractivity contribution is -0.120. The molecule has 1 aliphatic heterocycles. The van der Waals surface area contributed by atoms with Crippen LogP contribution in [0.25, 0.3) is 5.57 Å². The van der Waals surface area contributed by atoms with Gasteiger partial charge in [0, 0.05) is 28.9 Å². The molecule has 0 saturated carbocycles. The van der Waals surface area contributed by atoms with E-state index >= 15 is 0 Å². The molecule has 1 heterocycles. The summed E-state index contributed by atoms with van der Waals surface area (Å²) in [5.41, 5.74) is 3.89. The van der Waals surface area contributed by atoms with Crippen LogP contribution in [-0.2, 0) is 9.59 Å². The number of hydrogen-bond donors (Lipinski definition) is 1. The lowest BCUT2D eigenvalue weighted by Crippen LogP contribution is -2.33. The molecule has 1 aliphatic rings. The van der Waals surface area contributed by atoms with E-state index < -0.39 is 11.8 Å². The minimum Gasteiger partial charge on any atom is -0.497 e. The summed E-state index contributed by atoms with van der Waals surface area (Å²) in [6, 6.07) is 17.7. The van der Waals surface area contributed by atoms with Crippen LogP contribution >= 0.6 is 11.6 Å². The highest BCUT2D eigenvalue weighted by molar-refractivity contribution is 6.46. The van der Waals surface area contributed by atoms with Crippen LogP contribution in [0.3, 0.4) is 0 Å². The Kier molecular flexibility index (Phi) is 6.11. The molecular formula is C26H23ClN2O4. The van der Waals surface area contributed by atoms with Crippen molar-refractivity contribution < 1.29 is 19.1 Å². The van der Waals surface area contributed by atoms with Crippen LogP contribution in [0, 0.1) is 13.8 Å². The number of carbonyl (C=O) groups is 2. The second-order valence-electron chi connectivity index (χ2n) is 7.72. The number of imide groups is 1. The first-order chi connectivity index (χ1) is 15.8. The fraction of sp³-hybridized carbons (Fsp3) is 0.154. The molecule has 3 aromatic carbocycles. The third-order valence-electron chi connectivity index (χ3n) is 5.44. The van der Waals surface area contributed by atoms with Gasteiger partial charge in [-0.1, -0.05) is 35.9 Å². The first kappa shape index (κ1) is 22.4. The Hall–Kier alpha value is -3.77. The van der Waals surface area contributed by atoms with Crippen LogP contribution in [0.1, 0.15) is 16.7 Å². The monoisotopic (exact) mass is 462 g/mol. The minimum absolute atomic E-state index is 0.165. The molecule has 0 radical (unpaired) electrons. The van der Waals surface area contributed by atoms with Gasteiger partial charge in [0.25, 0.3) is 11.8 Å². The number of methoxy groups -OCH3 is 2. The van der Waals surface area contributed by atoms with E-state index in [0.717, 1.165) is 11.1 Å². The third kappa shape index (κ3) is 4.30. The average molecular weight is 463 g/mol. The fourth-order valence-electron chi connectivity index (χ4n) is 3.73. The van der Waals surface area contributed by atoms with Gasteiger partial charge >= 0.3 is 0 Å². The van der Waals surface area contributed by atoms with E-state index in [1.165, 1.54) is 4.90 Å². The number of anilines is 2. The first-order valence-electron chi connectivity index (χ1n) is 10.3. The van der Waals surface area contributed by atoms with Crippen molar-refractivity contribution in [2.75, 3.05) is 24.4 Å². The van der Waals surface area contributed by atoms with Gasteiger partial charge in [-0.2, -0.15) is 0 Å². The van der Waals surface area contributed by atoms with Crippen LogP contribution in [0.5, 0.6) is 11.5 Å². The summed E-state index contributed by atoms with van der Waals surface area (Å²) in [5.74, 6) is 0.246. The van der Waals surface area contributed by atoms with Gasteiger partial charge in [-0.3, -0.25) is 9.59 Å². The zero-order chi connectivity index (χ0) is 23.7. The Morgan fingerprint density at radius 2 is 1.45 bits per heavy atom. The zero-order valence-corrected chi connectivity index (χ0v) is 19.5. The number of halogens is 1. The van der Waals surface area contributed by atoms with E-state index in [1.54, 1.807) is 56.7 Å². The molecule has 0 bridgehead atoms. The van der Waals surface area contributed by atoms with Crippen LogP contribution in [0.4, 0.5) is 11.4 Å². The highest BCUT2D eigenvalue weighted by Crippen LogP contribution is 2.37. The van der Waals surface area contributed by atoms with Gasteiger partial charge in [0.1, 0.15) is 17.2 Å². The van der Waals surface area contributed by atoms with Crippen molar-refractivity contribution in [3.63, 3.8) is 0 Å². The predicted molar refractivity (Wildman–Crippen MR) is 130 cm³/mol. The van der Waals surface area contributed by atoms with Crippen molar-refractivity contribution in [2.45, 2.75) is 13.8 Å².